The molecule has 1 aliphatic rings. The van der Waals surface area contributed by atoms with Gasteiger partial charge in [-0.1, -0.05) is 16.4 Å². The minimum absolute atomic E-state index is 0.182. The van der Waals surface area contributed by atoms with Crippen LogP contribution in [0.3, 0.4) is 0 Å². The molecule has 0 saturated carbocycles. The molecule has 0 N–H and O–H groups in total. The van der Waals surface area contributed by atoms with Gasteiger partial charge >= 0.3 is 0 Å². The molecule has 4 aromatic rings. The summed E-state index contributed by atoms with van der Waals surface area (Å²) in [6.45, 7) is 2.23. The summed E-state index contributed by atoms with van der Waals surface area (Å²) in [5.41, 5.74) is 3.16. The summed E-state index contributed by atoms with van der Waals surface area (Å²) >= 11 is 0. The number of aromatic nitrogens is 5. The first-order chi connectivity index (χ1) is 15.7. The normalized spacial score (nSPS) is 14.1. The van der Waals surface area contributed by atoms with Gasteiger partial charge < -0.3 is 14.2 Å². The van der Waals surface area contributed by atoms with Crippen molar-refractivity contribution in [1.82, 2.24) is 30.0 Å². The summed E-state index contributed by atoms with van der Waals surface area (Å²) in [5, 5.41) is 12.6. The number of piperidine rings is 1. The van der Waals surface area contributed by atoms with Crippen LogP contribution in [0.1, 0.15) is 25.7 Å². The van der Waals surface area contributed by atoms with E-state index in [1.54, 1.807) is 11.8 Å². The van der Waals surface area contributed by atoms with Crippen LogP contribution in [0.5, 0.6) is 5.75 Å². The molecule has 3 heterocycles. The molecule has 0 spiro atoms. The van der Waals surface area contributed by atoms with Crippen LogP contribution in [-0.2, 0) is 11.3 Å². The molecule has 1 saturated heterocycles. The van der Waals surface area contributed by atoms with Crippen LogP contribution in [0, 0.1) is 0 Å². The Hall–Kier alpha value is -3.75. The lowest BCUT2D eigenvalue weighted by Gasteiger charge is -2.26. The maximum atomic E-state index is 12.5. The van der Waals surface area contributed by atoms with Crippen molar-refractivity contribution >= 4 is 16.9 Å². The van der Waals surface area contributed by atoms with Crippen molar-refractivity contribution in [2.75, 3.05) is 20.2 Å². The van der Waals surface area contributed by atoms with Crippen LogP contribution in [0.4, 0.5) is 0 Å². The lowest BCUT2D eigenvalue weighted by atomic mass is 10.1. The topological polar surface area (TPSA) is 99.2 Å². The van der Waals surface area contributed by atoms with Gasteiger partial charge in [0.25, 0.3) is 5.89 Å². The van der Waals surface area contributed by atoms with Gasteiger partial charge in [-0.05, 0) is 55.7 Å². The number of hydrogen-bond acceptors (Lipinski definition) is 7. The number of fused-ring (bicyclic) bond motifs is 1. The summed E-state index contributed by atoms with van der Waals surface area (Å²) in [5.74, 6) is 1.79. The fraction of sp³-hybridized carbons (Fsp3) is 0.348. The smallest absolute Gasteiger partial charge is 0.258 e. The molecule has 0 bridgehead atoms. The first-order valence-corrected chi connectivity index (χ1v) is 10.8. The summed E-state index contributed by atoms with van der Waals surface area (Å²) in [7, 11) is 1.62. The molecule has 1 amide bonds. The predicted octanol–water partition coefficient (Wildman–Crippen LogP) is 3.56. The molecular formula is C23H24N6O3. The lowest BCUT2D eigenvalue weighted by molar-refractivity contribution is -0.132. The number of amides is 1. The van der Waals surface area contributed by atoms with Crippen molar-refractivity contribution in [1.29, 1.82) is 0 Å². The summed E-state index contributed by atoms with van der Waals surface area (Å²) in [4.78, 5) is 18.9. The molecule has 1 fully saturated rings. The van der Waals surface area contributed by atoms with Gasteiger partial charge in [-0.2, -0.15) is 4.98 Å². The fourth-order valence-electron chi connectivity index (χ4n) is 3.99. The van der Waals surface area contributed by atoms with E-state index in [9.17, 15) is 4.79 Å². The van der Waals surface area contributed by atoms with Crippen LogP contribution in [0.15, 0.2) is 47.0 Å². The Balaban J connectivity index is 1.31. The monoisotopic (exact) mass is 432 g/mol. The molecule has 2 aromatic heterocycles. The number of nitrogens with zero attached hydrogens (tertiary/aromatic N) is 6. The van der Waals surface area contributed by atoms with E-state index < -0.39 is 0 Å². The third-order valence-electron chi connectivity index (χ3n) is 5.76. The highest BCUT2D eigenvalue weighted by Crippen LogP contribution is 2.26. The zero-order chi connectivity index (χ0) is 21.9. The number of rotatable bonds is 6. The highest BCUT2D eigenvalue weighted by molar-refractivity contribution is 5.80. The number of ether oxygens (including phenoxy) is 1. The highest BCUT2D eigenvalue weighted by atomic mass is 16.5. The second-order valence-electron chi connectivity index (χ2n) is 7.86. The Bertz CT molecular complexity index is 1240. The zero-order valence-corrected chi connectivity index (χ0v) is 17.9. The van der Waals surface area contributed by atoms with Crippen molar-refractivity contribution in [2.24, 2.45) is 0 Å². The van der Waals surface area contributed by atoms with E-state index in [0.717, 1.165) is 53.8 Å². The van der Waals surface area contributed by atoms with Gasteiger partial charge in [0.05, 0.1) is 19.2 Å². The Kier molecular flexibility index (Phi) is 5.53. The van der Waals surface area contributed by atoms with Crippen LogP contribution >= 0.6 is 0 Å². The molecule has 164 valence electrons. The molecule has 2 aromatic carbocycles. The molecule has 0 unspecified atom stereocenters. The van der Waals surface area contributed by atoms with E-state index >= 15 is 0 Å². The Morgan fingerprint density at radius 3 is 2.81 bits per heavy atom. The molecule has 0 aliphatic carbocycles. The predicted molar refractivity (Wildman–Crippen MR) is 118 cm³/mol. The number of carbonyl (C=O) groups is 1. The van der Waals surface area contributed by atoms with Crippen LogP contribution in [0.25, 0.3) is 33.9 Å². The minimum Gasteiger partial charge on any atom is -0.497 e. The summed E-state index contributed by atoms with van der Waals surface area (Å²) in [6, 6.07) is 13.2. The maximum Gasteiger partial charge on any atom is 0.258 e. The quantitative estimate of drug-likeness (QED) is 0.459. The standard InChI is InChI=1S/C23H24N6O3/c1-31-18-7-5-6-17(14-18)23-24-22(26-32-23)16-8-9-20-19(15-16)25-27-29(20)13-10-21(30)28-11-3-2-4-12-28/h5-9,14-15H,2-4,10-13H2,1H3. The van der Waals surface area contributed by atoms with Crippen LogP contribution < -0.4 is 4.74 Å². The number of carbonyl (C=O) groups excluding carboxylic acids is 1. The molecule has 5 rings (SSSR count). The SMILES string of the molecule is COc1cccc(-c2nc(-c3ccc4c(c3)nnn4CCC(=O)N3CCCCC3)no2)c1. The Morgan fingerprint density at radius 1 is 1.09 bits per heavy atom. The van der Waals surface area contributed by atoms with E-state index in [4.69, 9.17) is 9.26 Å². The van der Waals surface area contributed by atoms with Crippen molar-refractivity contribution in [3.8, 4) is 28.6 Å². The molecule has 9 heteroatoms. The Labute approximate surface area is 185 Å². The van der Waals surface area contributed by atoms with Gasteiger partial charge in [-0.25, -0.2) is 4.68 Å². The van der Waals surface area contributed by atoms with E-state index in [1.165, 1.54) is 6.42 Å². The first-order valence-electron chi connectivity index (χ1n) is 10.8. The van der Waals surface area contributed by atoms with E-state index in [1.807, 2.05) is 47.4 Å². The molecule has 9 nitrogen and oxygen atoms in total. The van der Waals surface area contributed by atoms with Crippen molar-refractivity contribution in [3.05, 3.63) is 42.5 Å². The van der Waals surface area contributed by atoms with Gasteiger partial charge in [0, 0.05) is 30.6 Å². The molecule has 0 radical (unpaired) electrons. The molecule has 32 heavy (non-hydrogen) atoms. The van der Waals surface area contributed by atoms with Crippen molar-refractivity contribution in [2.45, 2.75) is 32.2 Å². The van der Waals surface area contributed by atoms with Crippen LogP contribution in [-0.4, -0.2) is 56.1 Å². The summed E-state index contributed by atoms with van der Waals surface area (Å²) < 4.78 is 12.5. The largest absolute Gasteiger partial charge is 0.497 e. The van der Waals surface area contributed by atoms with Gasteiger partial charge in [-0.15, -0.1) is 5.10 Å². The van der Waals surface area contributed by atoms with E-state index in [0.29, 0.717) is 24.7 Å². The average molecular weight is 432 g/mol. The number of methoxy groups -OCH3 is 1. The minimum atomic E-state index is 0.182. The maximum absolute atomic E-state index is 12.5. The van der Waals surface area contributed by atoms with E-state index in [-0.39, 0.29) is 5.91 Å². The third-order valence-corrected chi connectivity index (χ3v) is 5.76. The second kappa shape index (κ2) is 8.78. The molecule has 1 aliphatic heterocycles. The first kappa shape index (κ1) is 20.2. The van der Waals surface area contributed by atoms with Crippen molar-refractivity contribution < 1.29 is 14.1 Å². The second-order valence-corrected chi connectivity index (χ2v) is 7.86. The lowest BCUT2D eigenvalue weighted by Crippen LogP contribution is -2.36. The average Bonchev–Trinajstić information content (AvgIpc) is 3.50. The van der Waals surface area contributed by atoms with Crippen molar-refractivity contribution in [3.63, 3.8) is 0 Å². The Morgan fingerprint density at radius 2 is 1.97 bits per heavy atom. The van der Waals surface area contributed by atoms with Crippen LogP contribution in [0.2, 0.25) is 0 Å². The highest BCUT2D eigenvalue weighted by Gasteiger charge is 2.17. The van der Waals surface area contributed by atoms with Gasteiger partial charge in [0.2, 0.25) is 11.7 Å². The molecular weight excluding hydrogens is 408 g/mol. The van der Waals surface area contributed by atoms with Gasteiger partial charge in [0.1, 0.15) is 11.3 Å². The van der Waals surface area contributed by atoms with Gasteiger partial charge in [0.15, 0.2) is 0 Å². The number of benzene rings is 2. The number of likely N-dealkylation sites (tertiary alicyclic amines) is 1. The third kappa shape index (κ3) is 4.05. The molecule has 0 atom stereocenters. The fourth-order valence-corrected chi connectivity index (χ4v) is 3.99. The number of aryl methyl sites for hydroxylation is 1. The van der Waals surface area contributed by atoms with E-state index in [2.05, 4.69) is 20.5 Å². The zero-order valence-electron chi connectivity index (χ0n) is 17.9. The summed E-state index contributed by atoms with van der Waals surface area (Å²) in [6.07, 6.45) is 3.82. The number of hydrogen-bond donors (Lipinski definition) is 0. The van der Waals surface area contributed by atoms with Gasteiger partial charge in [-0.3, -0.25) is 4.79 Å².